The first-order chi connectivity index (χ1) is 56.2. The Hall–Kier alpha value is -13.8. The van der Waals surface area contributed by atoms with Crippen LogP contribution in [0.25, 0.3) is 131 Å². The van der Waals surface area contributed by atoms with E-state index in [0.717, 1.165) is 68.5 Å². The predicted octanol–water partition coefficient (Wildman–Crippen LogP) is 23.2. The van der Waals surface area contributed by atoms with E-state index in [1.807, 2.05) is 60.7 Å². The second-order valence-electron chi connectivity index (χ2n) is 34.3. The van der Waals surface area contributed by atoms with Gasteiger partial charge in [-0.05, 0) is 319 Å². The fourth-order valence-corrected chi connectivity index (χ4v) is 26.9. The van der Waals surface area contributed by atoms with Gasteiger partial charge >= 0.3 is 29.8 Å². The highest BCUT2D eigenvalue weighted by molar-refractivity contribution is 6.54. The summed E-state index contributed by atoms with van der Waals surface area (Å²) in [6, 6.07) is 98.9. The minimum atomic E-state index is -0.974. The van der Waals surface area contributed by atoms with Crippen molar-refractivity contribution < 1.29 is 49.5 Å². The predicted molar refractivity (Wildman–Crippen MR) is 447 cm³/mol. The molecule has 18 aromatic carbocycles. The molecule has 0 heterocycles. The van der Waals surface area contributed by atoms with Gasteiger partial charge in [0, 0.05) is 10.8 Å². The molecule has 5 N–H and O–H groups in total. The van der Waals surface area contributed by atoms with E-state index in [9.17, 15) is 49.5 Å². The molecule has 8 aliphatic rings. The summed E-state index contributed by atoms with van der Waals surface area (Å²) in [4.78, 5) is 62.0. The third-order valence-electron chi connectivity index (χ3n) is 30.6. The molecule has 0 spiro atoms. The van der Waals surface area contributed by atoms with Gasteiger partial charge in [-0.1, -0.05) is 218 Å². The molecule has 18 aromatic rings. The molecule has 10 unspecified atom stereocenters. The van der Waals surface area contributed by atoms with Crippen LogP contribution in [-0.4, -0.2) is 55.4 Å². The van der Waals surface area contributed by atoms with Crippen LogP contribution in [0.1, 0.15) is 150 Å². The Morgan fingerprint density at radius 1 is 0.235 bits per heavy atom. The molecule has 0 saturated heterocycles. The Labute approximate surface area is 656 Å². The molecule has 0 aliphatic heterocycles. The second-order valence-corrected chi connectivity index (χ2v) is 34.3. The van der Waals surface area contributed by atoms with Crippen molar-refractivity contribution in [1.29, 1.82) is 0 Å². The highest BCUT2D eigenvalue weighted by atomic mass is 16.4. The van der Waals surface area contributed by atoms with Crippen molar-refractivity contribution in [1.82, 2.24) is 0 Å². The monoisotopic (exact) mass is 1480 g/mol. The summed E-state index contributed by atoms with van der Waals surface area (Å²) < 4.78 is 0. The fraction of sp³-hybridized carbons (Fsp3) is 0.133. The van der Waals surface area contributed by atoms with E-state index < -0.39 is 46.1 Å². The van der Waals surface area contributed by atoms with E-state index in [2.05, 4.69) is 158 Å². The van der Waals surface area contributed by atoms with E-state index >= 15 is 0 Å². The van der Waals surface area contributed by atoms with Gasteiger partial charge in [0.2, 0.25) is 0 Å². The largest absolute Gasteiger partial charge is 0.478 e. The number of fused-ring (bicyclic) bond motifs is 5. The Balaban J connectivity index is 0.833. The first-order valence-corrected chi connectivity index (χ1v) is 39.9. The quantitative estimate of drug-likeness (QED) is 0.0619. The molecular formula is C105H64O10. The highest BCUT2D eigenvalue weighted by Crippen LogP contribution is 2.90. The molecule has 8 aliphatic carbocycles. The summed E-state index contributed by atoms with van der Waals surface area (Å²) in [5.74, 6) is -5.27. The van der Waals surface area contributed by atoms with Crippen molar-refractivity contribution in [2.75, 3.05) is 0 Å². The highest BCUT2D eigenvalue weighted by Gasteiger charge is 2.84. The summed E-state index contributed by atoms with van der Waals surface area (Å²) in [6.45, 7) is 0. The van der Waals surface area contributed by atoms with Crippen molar-refractivity contribution in [2.45, 2.75) is 52.8 Å². The molecule has 10 heteroatoms. The van der Waals surface area contributed by atoms with Crippen LogP contribution in [0.15, 0.2) is 279 Å². The minimum Gasteiger partial charge on any atom is -0.478 e. The zero-order chi connectivity index (χ0) is 76.6. The summed E-state index contributed by atoms with van der Waals surface area (Å²) in [7, 11) is 0. The molecule has 115 heavy (non-hydrogen) atoms. The zero-order valence-corrected chi connectivity index (χ0v) is 61.4. The van der Waals surface area contributed by atoms with Crippen molar-refractivity contribution in [3.05, 3.63) is 368 Å². The second kappa shape index (κ2) is 21.5. The first kappa shape index (κ1) is 63.8. The van der Waals surface area contributed by atoms with E-state index in [0.29, 0.717) is 0 Å². The number of hydrogen-bond donors (Lipinski definition) is 5. The maximum Gasteiger partial charge on any atom is 0.335 e. The van der Waals surface area contributed by atoms with Gasteiger partial charge in [-0.3, -0.25) is 0 Å². The lowest BCUT2D eigenvalue weighted by molar-refractivity contribution is 0.0335. The SMILES string of the molecule is O=C(O)c1ccc(-c2ccc(C3CC4c5ccc6c7ccc8c9ccc%10c%11c%12c%13c%14c%15c%16c(c5c6c%15c7c8c%14c%119)C4(c4ccc(-c5ccc(C(=O)O)cc5)cc4)[C@@H]4C3C3C(c5ccc(-c6ccc(C(=O)O)cc6)cc5)CC%10C%12(c5ccc(-c6ccc(C(=O)O)cc6)cc5)[C@@H]3C4C%16%13c3ccc(-c4ccc(C(=O)O)cc4)cc3)cc2)cc1. The number of carboxylic acid groups (broad SMARTS) is 5. The van der Waals surface area contributed by atoms with Gasteiger partial charge < -0.3 is 25.5 Å². The Morgan fingerprint density at radius 2 is 0.478 bits per heavy atom. The van der Waals surface area contributed by atoms with E-state index in [1.165, 1.54) is 137 Å². The molecule has 0 bridgehead atoms. The summed E-state index contributed by atoms with van der Waals surface area (Å²) in [5.41, 5.74) is 23.8. The number of carbonyl (C=O) groups is 5. The lowest BCUT2D eigenvalue weighted by Gasteiger charge is -2.65. The Bertz CT molecular complexity index is 7030. The molecule has 0 amide bonds. The van der Waals surface area contributed by atoms with Gasteiger partial charge in [0.05, 0.1) is 33.2 Å². The van der Waals surface area contributed by atoms with E-state index in [4.69, 9.17) is 0 Å². The van der Waals surface area contributed by atoms with Gasteiger partial charge in [0.1, 0.15) is 0 Å². The van der Waals surface area contributed by atoms with Gasteiger partial charge in [-0.15, -0.1) is 0 Å². The van der Waals surface area contributed by atoms with Crippen LogP contribution in [0, 0.1) is 29.6 Å². The first-order valence-electron chi connectivity index (χ1n) is 39.9. The Kier molecular flexibility index (Phi) is 11.9. The third-order valence-corrected chi connectivity index (χ3v) is 30.6. The van der Waals surface area contributed by atoms with Crippen LogP contribution in [0.3, 0.4) is 0 Å². The number of carboxylic acids is 5. The molecule has 12 atom stereocenters. The maximum absolute atomic E-state index is 12.5. The normalized spacial score (nSPS) is 24.3. The molecule has 3 fully saturated rings. The fourth-order valence-electron chi connectivity index (χ4n) is 26.9. The number of hydrogen-bond acceptors (Lipinski definition) is 5. The zero-order valence-electron chi connectivity index (χ0n) is 61.4. The lowest BCUT2D eigenvalue weighted by atomic mass is 9.36. The molecule has 26 rings (SSSR count). The van der Waals surface area contributed by atoms with Crippen LogP contribution < -0.4 is 0 Å². The topological polar surface area (TPSA) is 186 Å². The standard InChI is InChI=1S/C105H64O10/c106-98(107)61-19-5-51(6-20-61)49-1-15-59(16-2-49)75-47-77-73-45-43-71-69-41-42-70-72-44-46-74-78-48-76(60-17-3-50(4-18-60)52-7-21-62(22-8-52)99(108)109)86-85(75)93-97-94(86)104(78,67-37-31-57(32-38-67)54-11-25-64(26-12-54)101(112)113)92-84(74)82(72)88-80(70)79(69)87-81(71)83(73)91(103(77,93)66-35-29-56(30-36-66)53-9-23-63(24-10-53)100(110)111)95-89(87)90(88)96(92)105(95,97)68-39-33-58(34-40-68)55-13-27-65(28-14-55)102(114)115/h1-46,75-78,85-86,93-94,97H,47-48H2,(H,106,107)(H,108,109)(H,110,111)(H,112,113)(H,114,115)/t75?,76?,77?,78?,85?,86?,93-,94+,97?,103?,104?,105?. The molecule has 544 valence electrons. The smallest absolute Gasteiger partial charge is 0.335 e. The van der Waals surface area contributed by atoms with Crippen LogP contribution >= 0.6 is 0 Å². The number of benzene rings is 16. The number of aromatic carboxylic acids is 5. The van der Waals surface area contributed by atoms with E-state index in [1.54, 1.807) is 60.7 Å². The summed E-state index contributed by atoms with van der Waals surface area (Å²) in [6.07, 6.45) is 1.66. The molecule has 10 nitrogen and oxygen atoms in total. The van der Waals surface area contributed by atoms with Crippen LogP contribution in [0.2, 0.25) is 0 Å². The minimum absolute atomic E-state index is 0.0128. The van der Waals surface area contributed by atoms with Crippen LogP contribution in [-0.2, 0) is 16.2 Å². The van der Waals surface area contributed by atoms with Crippen molar-refractivity contribution in [2.24, 2.45) is 29.6 Å². The van der Waals surface area contributed by atoms with Crippen LogP contribution in [0.5, 0.6) is 0 Å². The van der Waals surface area contributed by atoms with Crippen molar-refractivity contribution in [3.8, 4) is 55.6 Å². The molecule has 0 radical (unpaired) electrons. The van der Waals surface area contributed by atoms with Gasteiger partial charge in [0.25, 0.3) is 0 Å². The average molecular weight is 1490 g/mol. The van der Waals surface area contributed by atoms with Gasteiger partial charge in [-0.25, -0.2) is 24.0 Å². The maximum atomic E-state index is 12.5. The van der Waals surface area contributed by atoms with Gasteiger partial charge in [-0.2, -0.15) is 0 Å². The molecular weight excluding hydrogens is 1420 g/mol. The van der Waals surface area contributed by atoms with Crippen molar-refractivity contribution in [3.63, 3.8) is 0 Å². The van der Waals surface area contributed by atoms with Crippen LogP contribution in [0.4, 0.5) is 0 Å². The third kappa shape index (κ3) is 7.40. The van der Waals surface area contributed by atoms with Crippen molar-refractivity contribution >= 4 is 105 Å². The lowest BCUT2D eigenvalue weighted by Crippen LogP contribution is -2.63. The number of rotatable bonds is 15. The molecule has 0 aromatic heterocycles. The Morgan fingerprint density at radius 3 is 0.757 bits per heavy atom. The summed E-state index contributed by atoms with van der Waals surface area (Å²) in [5, 5.41) is 69.8. The van der Waals surface area contributed by atoms with Gasteiger partial charge in [0.15, 0.2) is 0 Å². The average Bonchev–Trinajstić information content (AvgIpc) is 1.41. The van der Waals surface area contributed by atoms with E-state index in [-0.39, 0.29) is 81.1 Å². The molecule has 3 saturated carbocycles. The summed E-state index contributed by atoms with van der Waals surface area (Å²) >= 11 is 0.